The second-order valence-corrected chi connectivity index (χ2v) is 9.07. The quantitative estimate of drug-likeness (QED) is 0.330. The lowest BCUT2D eigenvalue weighted by Crippen LogP contribution is -2.27. The van der Waals surface area contributed by atoms with E-state index in [1.54, 1.807) is 36.7 Å². The zero-order valence-electron chi connectivity index (χ0n) is 20.8. The minimum atomic E-state index is -4.84. The van der Waals surface area contributed by atoms with Crippen LogP contribution < -0.4 is 21.3 Å². The largest absolute Gasteiger partial charge is 0.423 e. The van der Waals surface area contributed by atoms with Crippen molar-refractivity contribution >= 4 is 22.1 Å². The van der Waals surface area contributed by atoms with E-state index in [4.69, 9.17) is 0 Å². The van der Waals surface area contributed by atoms with Gasteiger partial charge in [0.05, 0.1) is 40.9 Å². The van der Waals surface area contributed by atoms with E-state index in [2.05, 4.69) is 20.4 Å². The summed E-state index contributed by atoms with van der Waals surface area (Å²) in [5.74, 6) is -0.431. The molecule has 1 atom stereocenters. The number of alkyl halides is 3. The number of fused-ring (bicyclic) bond motifs is 1. The number of pyridine rings is 1. The molecule has 4 rings (SSSR count). The number of aromatic amines is 1. The van der Waals surface area contributed by atoms with E-state index in [0.29, 0.717) is 18.2 Å². The van der Waals surface area contributed by atoms with Crippen molar-refractivity contribution in [3.63, 3.8) is 0 Å². The number of anilines is 2. The Morgan fingerprint density at radius 2 is 1.84 bits per heavy atom. The molecule has 200 valence electrons. The minimum absolute atomic E-state index is 0.173. The van der Waals surface area contributed by atoms with Crippen LogP contribution in [0.3, 0.4) is 0 Å². The summed E-state index contributed by atoms with van der Waals surface area (Å²) >= 11 is 0. The number of aromatic nitrogens is 5. The van der Waals surface area contributed by atoms with Gasteiger partial charge in [-0.25, -0.2) is 19.5 Å². The molecule has 0 bridgehead atoms. The van der Waals surface area contributed by atoms with E-state index in [1.165, 1.54) is 10.6 Å². The van der Waals surface area contributed by atoms with Gasteiger partial charge in [-0.1, -0.05) is 0 Å². The molecule has 3 heterocycles. The average Bonchev–Trinajstić information content (AvgIpc) is 2.85. The molecule has 0 aliphatic carbocycles. The molecule has 0 spiro atoms. The highest BCUT2D eigenvalue weighted by Gasteiger charge is 2.37. The Labute approximate surface area is 214 Å². The number of hydrogen-bond donors (Lipinski definition) is 2. The van der Waals surface area contributed by atoms with E-state index in [0.717, 1.165) is 18.0 Å². The molecule has 0 amide bonds. The number of nitrogens with one attached hydrogen (secondary N) is 2. The first-order chi connectivity index (χ1) is 18.0. The van der Waals surface area contributed by atoms with Crippen LogP contribution in [-0.2, 0) is 12.7 Å². The van der Waals surface area contributed by atoms with Crippen molar-refractivity contribution in [2.75, 3.05) is 24.3 Å². The van der Waals surface area contributed by atoms with Gasteiger partial charge in [0.25, 0.3) is 11.1 Å². The van der Waals surface area contributed by atoms with Gasteiger partial charge in [-0.2, -0.15) is 18.3 Å². The molecule has 4 aromatic rings. The first kappa shape index (κ1) is 26.8. The number of benzene rings is 1. The van der Waals surface area contributed by atoms with Crippen molar-refractivity contribution in [2.24, 2.45) is 0 Å². The Hall–Kier alpha value is -4.29. The first-order valence-electron chi connectivity index (χ1n) is 11.7. The summed E-state index contributed by atoms with van der Waals surface area (Å²) < 4.78 is 56.1. The highest BCUT2D eigenvalue weighted by Crippen LogP contribution is 2.32. The molecule has 0 fully saturated rings. The van der Waals surface area contributed by atoms with Crippen LogP contribution in [0.15, 0.2) is 52.6 Å². The lowest BCUT2D eigenvalue weighted by molar-refractivity contribution is -0.138. The predicted molar refractivity (Wildman–Crippen MR) is 136 cm³/mol. The summed E-state index contributed by atoms with van der Waals surface area (Å²) in [6.07, 6.45) is 1.65. The van der Waals surface area contributed by atoms with Crippen LogP contribution in [0.2, 0.25) is 0 Å². The zero-order chi connectivity index (χ0) is 27.6. The third kappa shape index (κ3) is 5.66. The summed E-state index contributed by atoms with van der Waals surface area (Å²) in [4.78, 5) is 34.9. The standard InChI is InChI=1S/C25H25F4N7O2/c1-14(33-20-13-32-34-23(37)21(20)25(27,28)29)5-4-7-36-8-6-15-9-18(19(26)10-17(15)24(36)38)22-30-11-16(12-31-22)35(2)3/h6,8-14H,4-5,7H2,1-3H3,(H2,33,34,37). The van der Waals surface area contributed by atoms with Gasteiger partial charge in [-0.05, 0) is 43.4 Å². The van der Waals surface area contributed by atoms with Crippen molar-refractivity contribution in [3.8, 4) is 11.4 Å². The molecule has 0 saturated heterocycles. The number of H-pyrrole nitrogens is 1. The van der Waals surface area contributed by atoms with Gasteiger partial charge in [0.2, 0.25) is 0 Å². The van der Waals surface area contributed by atoms with Gasteiger partial charge in [0.1, 0.15) is 11.4 Å². The molecule has 0 aliphatic heterocycles. The normalized spacial score (nSPS) is 12.5. The van der Waals surface area contributed by atoms with Gasteiger partial charge < -0.3 is 14.8 Å². The number of rotatable bonds is 8. The SMILES string of the molecule is CC(CCCn1ccc2cc(-c3ncc(N(C)C)cn3)c(F)cc2c1=O)Nc1cn[nH]c(=O)c1C(F)(F)F. The van der Waals surface area contributed by atoms with E-state index in [-0.39, 0.29) is 23.3 Å². The van der Waals surface area contributed by atoms with Gasteiger partial charge in [0, 0.05) is 32.9 Å². The Morgan fingerprint density at radius 1 is 1.13 bits per heavy atom. The van der Waals surface area contributed by atoms with Gasteiger partial charge in [-0.3, -0.25) is 9.59 Å². The summed E-state index contributed by atoms with van der Waals surface area (Å²) in [5.41, 5.74) is -2.54. The van der Waals surface area contributed by atoms with Crippen LogP contribution in [0, 0.1) is 5.82 Å². The van der Waals surface area contributed by atoms with Crippen molar-refractivity contribution in [1.82, 2.24) is 24.7 Å². The Kier molecular flexibility index (Phi) is 7.46. The van der Waals surface area contributed by atoms with Crippen LogP contribution in [0.4, 0.5) is 28.9 Å². The lowest BCUT2D eigenvalue weighted by Gasteiger charge is -2.18. The third-order valence-corrected chi connectivity index (χ3v) is 6.04. The topological polar surface area (TPSA) is 109 Å². The predicted octanol–water partition coefficient (Wildman–Crippen LogP) is 4.05. The van der Waals surface area contributed by atoms with Crippen LogP contribution in [0.1, 0.15) is 25.3 Å². The van der Waals surface area contributed by atoms with Gasteiger partial charge in [0.15, 0.2) is 5.82 Å². The maximum absolute atomic E-state index is 14.9. The van der Waals surface area contributed by atoms with Gasteiger partial charge in [-0.15, -0.1) is 0 Å². The number of aryl methyl sites for hydroxylation is 1. The van der Waals surface area contributed by atoms with Crippen molar-refractivity contribution < 1.29 is 17.6 Å². The van der Waals surface area contributed by atoms with Crippen molar-refractivity contribution in [1.29, 1.82) is 0 Å². The summed E-state index contributed by atoms with van der Waals surface area (Å²) in [7, 11) is 3.67. The molecular weight excluding hydrogens is 506 g/mol. The van der Waals surface area contributed by atoms with E-state index < -0.39 is 40.4 Å². The van der Waals surface area contributed by atoms with E-state index in [9.17, 15) is 27.2 Å². The fourth-order valence-corrected chi connectivity index (χ4v) is 4.04. The Morgan fingerprint density at radius 3 is 2.50 bits per heavy atom. The molecular formula is C25H25F4N7O2. The molecule has 13 heteroatoms. The molecule has 3 aromatic heterocycles. The van der Waals surface area contributed by atoms with E-state index in [1.807, 2.05) is 19.0 Å². The molecule has 1 aromatic carbocycles. The van der Waals surface area contributed by atoms with Crippen molar-refractivity contribution in [2.45, 2.75) is 38.5 Å². The van der Waals surface area contributed by atoms with Crippen LogP contribution in [0.25, 0.3) is 22.2 Å². The average molecular weight is 532 g/mol. The fraction of sp³-hybridized carbons (Fsp3) is 0.320. The minimum Gasteiger partial charge on any atom is -0.381 e. The molecule has 2 N–H and O–H groups in total. The molecule has 38 heavy (non-hydrogen) atoms. The van der Waals surface area contributed by atoms with Crippen molar-refractivity contribution in [3.05, 3.63) is 75.1 Å². The maximum Gasteiger partial charge on any atom is 0.423 e. The summed E-state index contributed by atoms with van der Waals surface area (Å²) in [6, 6.07) is 3.93. The number of nitrogens with zero attached hydrogens (tertiary/aromatic N) is 5. The number of halogens is 4. The maximum atomic E-state index is 14.9. The van der Waals surface area contributed by atoms with Crippen LogP contribution in [-0.4, -0.2) is 44.9 Å². The van der Waals surface area contributed by atoms with Gasteiger partial charge >= 0.3 is 6.18 Å². The molecule has 0 aliphatic rings. The Balaban J connectivity index is 1.47. The zero-order valence-corrected chi connectivity index (χ0v) is 20.8. The first-order valence-corrected chi connectivity index (χ1v) is 11.7. The highest BCUT2D eigenvalue weighted by molar-refractivity contribution is 5.86. The summed E-state index contributed by atoms with van der Waals surface area (Å²) in [6.45, 7) is 1.92. The van der Waals surface area contributed by atoms with Crippen LogP contribution >= 0.6 is 0 Å². The molecule has 1 unspecified atom stereocenters. The molecule has 0 saturated carbocycles. The number of hydrogen-bond acceptors (Lipinski definition) is 7. The van der Waals surface area contributed by atoms with E-state index >= 15 is 0 Å². The summed E-state index contributed by atoms with van der Waals surface area (Å²) in [5, 5.41) is 8.62. The lowest BCUT2D eigenvalue weighted by atomic mass is 10.1. The Bertz CT molecular complexity index is 1560. The molecule has 0 radical (unpaired) electrons. The van der Waals surface area contributed by atoms with Crippen LogP contribution in [0.5, 0.6) is 0 Å². The highest BCUT2D eigenvalue weighted by atomic mass is 19.4. The second kappa shape index (κ2) is 10.6. The second-order valence-electron chi connectivity index (χ2n) is 9.07. The molecule has 9 nitrogen and oxygen atoms in total. The fourth-order valence-electron chi connectivity index (χ4n) is 4.04. The third-order valence-electron chi connectivity index (χ3n) is 6.04. The monoisotopic (exact) mass is 531 g/mol. The smallest absolute Gasteiger partial charge is 0.381 e.